The van der Waals surface area contributed by atoms with E-state index in [1.807, 2.05) is 18.2 Å². The van der Waals surface area contributed by atoms with Gasteiger partial charge >= 0.3 is 5.97 Å². The third-order valence-electron chi connectivity index (χ3n) is 4.37. The van der Waals surface area contributed by atoms with Crippen LogP contribution in [0.15, 0.2) is 48.7 Å². The number of carbonyl (C=O) groups is 2. The maximum absolute atomic E-state index is 13.1. The molecule has 1 saturated heterocycles. The molecule has 0 aliphatic carbocycles. The van der Waals surface area contributed by atoms with Crippen molar-refractivity contribution in [2.45, 2.75) is 25.5 Å². The van der Waals surface area contributed by atoms with Crippen molar-refractivity contribution in [3.8, 4) is 0 Å². The Kier molecular flexibility index (Phi) is 6.38. The molecule has 27 heavy (non-hydrogen) atoms. The van der Waals surface area contributed by atoms with Crippen molar-refractivity contribution >= 4 is 17.6 Å². The Morgan fingerprint density at radius 3 is 2.85 bits per heavy atom. The van der Waals surface area contributed by atoms with Crippen molar-refractivity contribution in [3.63, 3.8) is 0 Å². The third kappa shape index (κ3) is 5.52. The van der Waals surface area contributed by atoms with Crippen molar-refractivity contribution in [1.82, 2.24) is 9.88 Å². The van der Waals surface area contributed by atoms with Gasteiger partial charge in [-0.2, -0.15) is 0 Å². The molecular weight excluding hydrogens is 346 g/mol. The number of aromatic nitrogens is 1. The first kappa shape index (κ1) is 18.8. The van der Waals surface area contributed by atoms with E-state index in [9.17, 15) is 9.59 Å². The summed E-state index contributed by atoms with van der Waals surface area (Å²) in [5, 5.41) is 11.6. The molecule has 3 rings (SSSR count). The number of benzene rings is 1. The average molecular weight is 369 g/mol. The molecule has 1 fully saturated rings. The summed E-state index contributed by atoms with van der Waals surface area (Å²) in [6.45, 7) is 1.42. The van der Waals surface area contributed by atoms with Crippen LogP contribution in [0.2, 0.25) is 0 Å². The minimum atomic E-state index is -0.957. The van der Waals surface area contributed by atoms with Crippen molar-refractivity contribution < 1.29 is 19.4 Å². The fraction of sp³-hybridized carbons (Fsp3) is 0.350. The number of carboxylic acid groups (broad SMARTS) is 1. The molecule has 1 amide bonds. The molecule has 7 heteroatoms. The topological polar surface area (TPSA) is 91.8 Å². The Labute approximate surface area is 158 Å². The van der Waals surface area contributed by atoms with Crippen LogP contribution in [0.5, 0.6) is 0 Å². The standard InChI is InChI=1S/C20H23N3O4/c24-19(25)12-22-16-7-3-5-15(11-16)20(26)23(14-18-8-4-10-27-18)13-17-6-1-2-9-21-17/h1-3,5-7,9,11,18,22H,4,8,10,12-14H2,(H,24,25)/t18-/m1/s1. The molecule has 2 heterocycles. The highest BCUT2D eigenvalue weighted by atomic mass is 16.5. The van der Waals surface area contributed by atoms with Gasteiger partial charge in [-0.1, -0.05) is 12.1 Å². The van der Waals surface area contributed by atoms with E-state index < -0.39 is 5.97 Å². The van der Waals surface area contributed by atoms with Crippen LogP contribution >= 0.6 is 0 Å². The van der Waals surface area contributed by atoms with Gasteiger partial charge < -0.3 is 20.1 Å². The summed E-state index contributed by atoms with van der Waals surface area (Å²) in [6, 6.07) is 12.5. The average Bonchev–Trinajstić information content (AvgIpc) is 3.19. The summed E-state index contributed by atoms with van der Waals surface area (Å²) in [5.74, 6) is -1.09. The van der Waals surface area contributed by atoms with Crippen LogP contribution < -0.4 is 5.32 Å². The first-order chi connectivity index (χ1) is 13.1. The highest BCUT2D eigenvalue weighted by molar-refractivity contribution is 5.95. The van der Waals surface area contributed by atoms with Crippen molar-refractivity contribution in [3.05, 3.63) is 59.9 Å². The van der Waals surface area contributed by atoms with E-state index in [0.29, 0.717) is 24.3 Å². The second kappa shape index (κ2) is 9.14. The lowest BCUT2D eigenvalue weighted by Gasteiger charge is -2.25. The molecular formula is C20H23N3O4. The summed E-state index contributed by atoms with van der Waals surface area (Å²) in [7, 11) is 0. The van der Waals surface area contributed by atoms with Gasteiger partial charge in [0.1, 0.15) is 6.54 Å². The van der Waals surface area contributed by atoms with Gasteiger partial charge in [0, 0.05) is 30.6 Å². The molecule has 1 aliphatic rings. The summed E-state index contributed by atoms with van der Waals surface area (Å²) in [5.41, 5.74) is 1.90. The van der Waals surface area contributed by atoms with E-state index in [4.69, 9.17) is 9.84 Å². The zero-order valence-electron chi connectivity index (χ0n) is 15.0. The molecule has 0 spiro atoms. The number of carbonyl (C=O) groups excluding carboxylic acids is 1. The van der Waals surface area contributed by atoms with Gasteiger partial charge in [-0.05, 0) is 43.2 Å². The van der Waals surface area contributed by atoms with E-state index in [1.165, 1.54) is 0 Å². The zero-order valence-corrected chi connectivity index (χ0v) is 15.0. The number of nitrogens with zero attached hydrogens (tertiary/aromatic N) is 2. The Balaban J connectivity index is 1.76. The van der Waals surface area contributed by atoms with E-state index in [1.54, 1.807) is 35.4 Å². The zero-order chi connectivity index (χ0) is 19.1. The van der Waals surface area contributed by atoms with Gasteiger partial charge in [-0.25, -0.2) is 0 Å². The quantitative estimate of drug-likeness (QED) is 0.742. The lowest BCUT2D eigenvalue weighted by Crippen LogP contribution is -2.37. The van der Waals surface area contributed by atoms with E-state index in [2.05, 4.69) is 10.3 Å². The number of carboxylic acids is 1. The molecule has 0 unspecified atom stereocenters. The maximum Gasteiger partial charge on any atom is 0.322 e. The number of amides is 1. The smallest absolute Gasteiger partial charge is 0.322 e. The van der Waals surface area contributed by atoms with Crippen molar-refractivity contribution in [2.75, 3.05) is 25.0 Å². The number of ether oxygens (including phenoxy) is 1. The largest absolute Gasteiger partial charge is 0.480 e. The van der Waals surface area contributed by atoms with Crippen LogP contribution in [-0.4, -0.2) is 52.7 Å². The predicted octanol–water partition coefficient (Wildman–Crippen LogP) is 2.40. The normalized spacial score (nSPS) is 16.1. The maximum atomic E-state index is 13.1. The molecule has 1 aromatic heterocycles. The number of hydrogen-bond acceptors (Lipinski definition) is 5. The fourth-order valence-electron chi connectivity index (χ4n) is 3.06. The van der Waals surface area contributed by atoms with Gasteiger partial charge in [-0.15, -0.1) is 0 Å². The Bertz CT molecular complexity index is 776. The highest BCUT2D eigenvalue weighted by Crippen LogP contribution is 2.18. The minimum absolute atomic E-state index is 0.0333. The number of nitrogens with one attached hydrogen (secondary N) is 1. The van der Waals surface area contributed by atoms with Gasteiger partial charge in [-0.3, -0.25) is 14.6 Å². The number of hydrogen-bond donors (Lipinski definition) is 2. The molecule has 2 aromatic rings. The van der Waals surface area contributed by atoms with E-state index >= 15 is 0 Å². The van der Waals surface area contributed by atoms with Gasteiger partial charge in [0.2, 0.25) is 0 Å². The lowest BCUT2D eigenvalue weighted by molar-refractivity contribution is -0.134. The molecule has 2 N–H and O–H groups in total. The summed E-state index contributed by atoms with van der Waals surface area (Å²) in [4.78, 5) is 29.9. The lowest BCUT2D eigenvalue weighted by atomic mass is 10.1. The number of pyridine rings is 1. The summed E-state index contributed by atoms with van der Waals surface area (Å²) >= 11 is 0. The minimum Gasteiger partial charge on any atom is -0.480 e. The number of aliphatic carboxylic acids is 1. The monoisotopic (exact) mass is 369 g/mol. The van der Waals surface area contributed by atoms with Crippen molar-refractivity contribution in [2.24, 2.45) is 0 Å². The van der Waals surface area contributed by atoms with E-state index in [0.717, 1.165) is 25.1 Å². The van der Waals surface area contributed by atoms with Crippen LogP contribution in [0, 0.1) is 0 Å². The molecule has 1 aliphatic heterocycles. The Morgan fingerprint density at radius 1 is 1.26 bits per heavy atom. The third-order valence-corrected chi connectivity index (χ3v) is 4.37. The van der Waals surface area contributed by atoms with Crippen LogP contribution in [0.1, 0.15) is 28.9 Å². The number of anilines is 1. The summed E-state index contributed by atoms with van der Waals surface area (Å²) < 4.78 is 5.70. The Morgan fingerprint density at radius 2 is 2.15 bits per heavy atom. The molecule has 0 saturated carbocycles. The fourth-order valence-corrected chi connectivity index (χ4v) is 3.06. The summed E-state index contributed by atoms with van der Waals surface area (Å²) in [6.07, 6.45) is 3.68. The predicted molar refractivity (Wildman–Crippen MR) is 101 cm³/mol. The van der Waals surface area contributed by atoms with Gasteiger partial charge in [0.05, 0.1) is 18.3 Å². The van der Waals surface area contributed by atoms with Crippen LogP contribution in [0.25, 0.3) is 0 Å². The van der Waals surface area contributed by atoms with E-state index in [-0.39, 0.29) is 18.6 Å². The van der Waals surface area contributed by atoms with Crippen LogP contribution in [-0.2, 0) is 16.1 Å². The Hall–Kier alpha value is -2.93. The van der Waals surface area contributed by atoms with Gasteiger partial charge in [0.25, 0.3) is 5.91 Å². The van der Waals surface area contributed by atoms with Gasteiger partial charge in [0.15, 0.2) is 0 Å². The second-order valence-corrected chi connectivity index (χ2v) is 6.47. The van der Waals surface area contributed by atoms with Crippen molar-refractivity contribution in [1.29, 1.82) is 0 Å². The SMILES string of the molecule is O=C(O)CNc1cccc(C(=O)N(Cc2ccccn2)C[C@H]2CCCO2)c1. The molecule has 7 nitrogen and oxygen atoms in total. The molecule has 142 valence electrons. The molecule has 0 radical (unpaired) electrons. The molecule has 1 aromatic carbocycles. The second-order valence-electron chi connectivity index (χ2n) is 6.47. The first-order valence-corrected chi connectivity index (χ1v) is 8.98. The highest BCUT2D eigenvalue weighted by Gasteiger charge is 2.24. The first-order valence-electron chi connectivity index (χ1n) is 8.98. The van der Waals surface area contributed by atoms with Crippen LogP contribution in [0.4, 0.5) is 5.69 Å². The van der Waals surface area contributed by atoms with Crippen LogP contribution in [0.3, 0.4) is 0 Å². The molecule has 1 atom stereocenters. The molecule has 0 bridgehead atoms. The number of rotatable bonds is 8.